The molecule has 1 aliphatic heterocycles. The van der Waals surface area contributed by atoms with E-state index in [0.29, 0.717) is 11.5 Å². The molecule has 0 spiro atoms. The Bertz CT molecular complexity index is 484. The van der Waals surface area contributed by atoms with Crippen LogP contribution in [-0.2, 0) is 0 Å². The Morgan fingerprint density at radius 3 is 2.70 bits per heavy atom. The molecule has 0 atom stereocenters. The number of aromatic nitrogens is 1. The Kier molecular flexibility index (Phi) is 4.54. The molecule has 0 N–H and O–H groups in total. The normalized spacial score (nSPS) is 17.1. The maximum absolute atomic E-state index is 10.8. The molecule has 1 fully saturated rings. The molecule has 0 bridgehead atoms. The van der Waals surface area contributed by atoms with E-state index >= 15 is 0 Å². The van der Waals surface area contributed by atoms with Crippen LogP contribution in [0.5, 0.6) is 0 Å². The first-order valence-corrected chi connectivity index (χ1v) is 6.98. The summed E-state index contributed by atoms with van der Waals surface area (Å²) in [6, 6.07) is 1.80. The lowest BCUT2D eigenvalue weighted by molar-refractivity contribution is -0.385. The van der Waals surface area contributed by atoms with Gasteiger partial charge in [0.1, 0.15) is 12.0 Å². The van der Waals surface area contributed by atoms with Gasteiger partial charge in [0, 0.05) is 19.2 Å². The van der Waals surface area contributed by atoms with Gasteiger partial charge in [-0.15, -0.1) is 0 Å². The molecule has 0 unspecified atom stereocenters. The van der Waals surface area contributed by atoms with Gasteiger partial charge < -0.3 is 9.80 Å². The third-order valence-corrected chi connectivity index (χ3v) is 4.03. The minimum atomic E-state index is -0.386. The average molecular weight is 278 g/mol. The predicted molar refractivity (Wildman–Crippen MR) is 79.1 cm³/mol. The summed E-state index contributed by atoms with van der Waals surface area (Å²) in [4.78, 5) is 19.1. The standard InChI is InChI=1S/C14H22N4O2/c1-11-8-14(15-9-13(11)18(19)20)17(3)10-12-4-6-16(2)7-5-12/h8-9,12H,4-7,10H2,1-3H3. The highest BCUT2D eigenvalue weighted by Crippen LogP contribution is 2.23. The van der Waals surface area contributed by atoms with Gasteiger partial charge in [-0.1, -0.05) is 0 Å². The summed E-state index contributed by atoms with van der Waals surface area (Å²) in [6.45, 7) is 5.00. The first kappa shape index (κ1) is 14.7. The zero-order valence-corrected chi connectivity index (χ0v) is 12.4. The topological polar surface area (TPSA) is 62.5 Å². The third kappa shape index (κ3) is 3.45. The van der Waals surface area contributed by atoms with Crippen molar-refractivity contribution in [2.75, 3.05) is 38.6 Å². The lowest BCUT2D eigenvalue weighted by Gasteiger charge is -2.32. The number of aryl methyl sites for hydroxylation is 1. The van der Waals surface area contributed by atoms with Crippen LogP contribution in [0.2, 0.25) is 0 Å². The lowest BCUT2D eigenvalue weighted by atomic mass is 9.97. The van der Waals surface area contributed by atoms with E-state index in [9.17, 15) is 10.1 Å². The Labute approximate surface area is 119 Å². The van der Waals surface area contributed by atoms with Crippen LogP contribution in [-0.4, -0.2) is 48.5 Å². The first-order valence-electron chi connectivity index (χ1n) is 6.98. The van der Waals surface area contributed by atoms with Crippen LogP contribution in [0, 0.1) is 23.0 Å². The van der Waals surface area contributed by atoms with Crippen LogP contribution in [0.25, 0.3) is 0 Å². The molecule has 110 valence electrons. The van der Waals surface area contributed by atoms with Crippen molar-refractivity contribution in [2.24, 2.45) is 5.92 Å². The van der Waals surface area contributed by atoms with Crippen LogP contribution >= 0.6 is 0 Å². The van der Waals surface area contributed by atoms with Crippen molar-refractivity contribution in [1.82, 2.24) is 9.88 Å². The molecule has 0 aromatic carbocycles. The first-order chi connectivity index (χ1) is 9.47. The zero-order chi connectivity index (χ0) is 14.7. The third-order valence-electron chi connectivity index (χ3n) is 4.03. The number of piperidine rings is 1. The van der Waals surface area contributed by atoms with Gasteiger partial charge in [0.25, 0.3) is 5.69 Å². The van der Waals surface area contributed by atoms with E-state index in [4.69, 9.17) is 0 Å². The van der Waals surface area contributed by atoms with Gasteiger partial charge in [-0.2, -0.15) is 0 Å². The van der Waals surface area contributed by atoms with E-state index in [-0.39, 0.29) is 10.6 Å². The van der Waals surface area contributed by atoms with Crippen molar-refractivity contribution in [3.8, 4) is 0 Å². The van der Waals surface area contributed by atoms with E-state index < -0.39 is 0 Å². The van der Waals surface area contributed by atoms with Crippen LogP contribution < -0.4 is 4.90 Å². The summed E-state index contributed by atoms with van der Waals surface area (Å²) in [7, 11) is 4.16. The Morgan fingerprint density at radius 2 is 2.15 bits per heavy atom. The summed E-state index contributed by atoms with van der Waals surface area (Å²) in [6.07, 6.45) is 3.76. The van der Waals surface area contributed by atoms with Gasteiger partial charge in [0.2, 0.25) is 0 Å². The molecule has 0 amide bonds. The molecule has 20 heavy (non-hydrogen) atoms. The van der Waals surface area contributed by atoms with Crippen molar-refractivity contribution in [3.63, 3.8) is 0 Å². The fourth-order valence-corrected chi connectivity index (χ4v) is 2.66. The highest BCUT2D eigenvalue weighted by atomic mass is 16.6. The van der Waals surface area contributed by atoms with E-state index in [1.54, 1.807) is 13.0 Å². The van der Waals surface area contributed by atoms with Crippen LogP contribution in [0.3, 0.4) is 0 Å². The summed E-state index contributed by atoms with van der Waals surface area (Å²) in [5.74, 6) is 1.49. The minimum absolute atomic E-state index is 0.0847. The average Bonchev–Trinajstić information content (AvgIpc) is 2.40. The van der Waals surface area contributed by atoms with Gasteiger partial charge in [-0.3, -0.25) is 10.1 Å². The number of hydrogen-bond acceptors (Lipinski definition) is 5. The maximum atomic E-state index is 10.8. The minimum Gasteiger partial charge on any atom is -0.359 e. The fraction of sp³-hybridized carbons (Fsp3) is 0.643. The number of nitrogens with zero attached hydrogens (tertiary/aromatic N) is 4. The quantitative estimate of drug-likeness (QED) is 0.623. The lowest BCUT2D eigenvalue weighted by Crippen LogP contribution is -2.36. The van der Waals surface area contributed by atoms with Crippen LogP contribution in [0.4, 0.5) is 11.5 Å². The molecule has 6 heteroatoms. The summed E-state index contributed by atoms with van der Waals surface area (Å²) >= 11 is 0. The van der Waals surface area contributed by atoms with Crippen molar-refractivity contribution < 1.29 is 4.92 Å². The summed E-state index contributed by atoms with van der Waals surface area (Å²) < 4.78 is 0. The van der Waals surface area contributed by atoms with Gasteiger partial charge in [-0.25, -0.2) is 4.98 Å². The molecule has 0 aliphatic carbocycles. The van der Waals surface area contributed by atoms with Crippen molar-refractivity contribution in [1.29, 1.82) is 0 Å². The molecule has 2 heterocycles. The van der Waals surface area contributed by atoms with Gasteiger partial charge in [-0.05, 0) is 51.9 Å². The number of hydrogen-bond donors (Lipinski definition) is 0. The second kappa shape index (κ2) is 6.17. The molecule has 1 aliphatic rings. The number of likely N-dealkylation sites (tertiary alicyclic amines) is 1. The molecule has 1 aromatic rings. The Morgan fingerprint density at radius 1 is 1.50 bits per heavy atom. The fourth-order valence-electron chi connectivity index (χ4n) is 2.66. The number of pyridine rings is 1. The molecule has 6 nitrogen and oxygen atoms in total. The zero-order valence-electron chi connectivity index (χ0n) is 12.4. The SMILES string of the molecule is Cc1cc(N(C)CC2CCN(C)CC2)ncc1[N+](=O)[O-]. The molecule has 1 aromatic heterocycles. The maximum Gasteiger partial charge on any atom is 0.290 e. The number of rotatable bonds is 4. The number of anilines is 1. The van der Waals surface area contributed by atoms with E-state index in [1.165, 1.54) is 19.0 Å². The highest BCUT2D eigenvalue weighted by molar-refractivity contribution is 5.48. The van der Waals surface area contributed by atoms with Crippen LogP contribution in [0.15, 0.2) is 12.3 Å². The van der Waals surface area contributed by atoms with E-state index in [2.05, 4.69) is 21.8 Å². The molecule has 1 saturated heterocycles. The second-order valence-corrected chi connectivity index (χ2v) is 5.71. The molecular weight excluding hydrogens is 256 g/mol. The highest BCUT2D eigenvalue weighted by Gasteiger charge is 2.19. The van der Waals surface area contributed by atoms with E-state index in [0.717, 1.165) is 25.5 Å². The van der Waals surface area contributed by atoms with Crippen LogP contribution in [0.1, 0.15) is 18.4 Å². The van der Waals surface area contributed by atoms with Crippen molar-refractivity contribution in [3.05, 3.63) is 27.9 Å². The Balaban J connectivity index is 2.00. The summed E-state index contributed by atoms with van der Waals surface area (Å²) in [5, 5.41) is 10.8. The monoisotopic (exact) mass is 278 g/mol. The van der Waals surface area contributed by atoms with Gasteiger partial charge >= 0.3 is 0 Å². The molecule has 2 rings (SSSR count). The number of nitro groups is 1. The van der Waals surface area contributed by atoms with E-state index in [1.807, 2.05) is 7.05 Å². The smallest absolute Gasteiger partial charge is 0.290 e. The largest absolute Gasteiger partial charge is 0.359 e. The molecular formula is C14H22N4O2. The predicted octanol–water partition coefficient (Wildman–Crippen LogP) is 2.08. The van der Waals surface area contributed by atoms with Gasteiger partial charge in [0.05, 0.1) is 4.92 Å². The van der Waals surface area contributed by atoms with Gasteiger partial charge in [0.15, 0.2) is 0 Å². The Hall–Kier alpha value is -1.69. The second-order valence-electron chi connectivity index (χ2n) is 5.71. The summed E-state index contributed by atoms with van der Waals surface area (Å²) in [5.41, 5.74) is 0.747. The molecule has 0 radical (unpaired) electrons. The molecule has 0 saturated carbocycles. The van der Waals surface area contributed by atoms with Crippen molar-refractivity contribution >= 4 is 11.5 Å². The van der Waals surface area contributed by atoms with Crippen molar-refractivity contribution in [2.45, 2.75) is 19.8 Å².